The van der Waals surface area contributed by atoms with Gasteiger partial charge in [0, 0.05) is 18.3 Å². The number of hydrogen-bond donors (Lipinski definition) is 1. The highest BCUT2D eigenvalue weighted by Crippen LogP contribution is 2.73. The Labute approximate surface area is 201 Å². The van der Waals surface area contributed by atoms with Crippen molar-refractivity contribution in [3.05, 3.63) is 23.8 Å². The van der Waals surface area contributed by atoms with Gasteiger partial charge in [-0.25, -0.2) is 0 Å². The van der Waals surface area contributed by atoms with E-state index in [1.165, 1.54) is 12.0 Å². The van der Waals surface area contributed by atoms with Crippen LogP contribution in [0.25, 0.3) is 0 Å². The molecular weight excluding hydrogens is 408 g/mol. The molecule has 0 aromatic rings. The number of rotatable bonds is 4. The van der Waals surface area contributed by atoms with Gasteiger partial charge in [-0.1, -0.05) is 65.3 Å². The van der Waals surface area contributed by atoms with Crippen molar-refractivity contribution in [2.24, 2.45) is 44.8 Å². The normalized spacial score (nSPS) is 46.5. The van der Waals surface area contributed by atoms with Crippen molar-refractivity contribution in [2.75, 3.05) is 0 Å². The Balaban J connectivity index is 1.79. The fraction of sp³-hybridized carbons (Fsp3) is 0.800. The zero-order valence-corrected chi connectivity index (χ0v) is 22.1. The van der Waals surface area contributed by atoms with Gasteiger partial charge in [-0.2, -0.15) is 0 Å². The zero-order chi connectivity index (χ0) is 24.6. The van der Waals surface area contributed by atoms with Crippen molar-refractivity contribution in [3.63, 3.8) is 0 Å². The fourth-order valence-corrected chi connectivity index (χ4v) is 9.28. The summed E-state index contributed by atoms with van der Waals surface area (Å²) in [5.41, 5.74) is 2.89. The molecule has 0 spiro atoms. The van der Waals surface area contributed by atoms with Crippen LogP contribution in [-0.2, 0) is 9.59 Å². The van der Waals surface area contributed by atoms with Crippen LogP contribution in [0.5, 0.6) is 0 Å². The molecule has 4 aliphatic carbocycles. The summed E-state index contributed by atoms with van der Waals surface area (Å²) < 4.78 is 0. The number of Topliss-reactive ketones (excluding diaryl/α,β-unsaturated/α-hetero) is 1. The monoisotopic (exact) mass is 454 g/mol. The molecule has 0 saturated heterocycles. The van der Waals surface area contributed by atoms with E-state index < -0.39 is 5.97 Å². The smallest absolute Gasteiger partial charge is 0.303 e. The van der Waals surface area contributed by atoms with Crippen molar-refractivity contribution >= 4 is 11.8 Å². The fourth-order valence-electron chi connectivity index (χ4n) is 9.28. The molecule has 3 nitrogen and oxygen atoms in total. The van der Waals surface area contributed by atoms with E-state index in [-0.39, 0.29) is 33.5 Å². The Kier molecular flexibility index (Phi) is 5.66. The maximum atomic E-state index is 12.9. The summed E-state index contributed by atoms with van der Waals surface area (Å²) >= 11 is 0. The Morgan fingerprint density at radius 2 is 1.79 bits per heavy atom. The molecule has 3 saturated carbocycles. The van der Waals surface area contributed by atoms with Crippen molar-refractivity contribution in [3.8, 4) is 0 Å². The average Bonchev–Trinajstić information content (AvgIpc) is 2.69. The second-order valence-corrected chi connectivity index (χ2v) is 13.9. The Hall–Kier alpha value is -1.38. The third kappa shape index (κ3) is 3.42. The lowest BCUT2D eigenvalue weighted by atomic mass is 9.35. The maximum Gasteiger partial charge on any atom is 0.303 e. The first-order chi connectivity index (χ1) is 15.1. The molecular formula is C30H46O3. The molecule has 7 atom stereocenters. The second-order valence-electron chi connectivity index (χ2n) is 13.9. The van der Waals surface area contributed by atoms with E-state index in [1.54, 1.807) is 5.57 Å². The van der Waals surface area contributed by atoms with Crippen molar-refractivity contribution < 1.29 is 14.7 Å². The molecule has 0 bridgehead atoms. The van der Waals surface area contributed by atoms with Gasteiger partial charge >= 0.3 is 5.97 Å². The summed E-state index contributed by atoms with van der Waals surface area (Å²) in [6.45, 7) is 20.6. The highest BCUT2D eigenvalue weighted by atomic mass is 16.4. The van der Waals surface area contributed by atoms with Gasteiger partial charge in [0.05, 0.1) is 0 Å². The number of ketones is 1. The first-order valence-electron chi connectivity index (χ1n) is 13.2. The van der Waals surface area contributed by atoms with E-state index in [0.29, 0.717) is 30.0 Å². The summed E-state index contributed by atoms with van der Waals surface area (Å²) in [6.07, 6.45) is 10.8. The number of carboxylic acids is 1. The van der Waals surface area contributed by atoms with Gasteiger partial charge in [0.15, 0.2) is 0 Å². The molecule has 3 fully saturated rings. The van der Waals surface area contributed by atoms with Crippen LogP contribution < -0.4 is 0 Å². The molecule has 3 heteroatoms. The third-order valence-corrected chi connectivity index (χ3v) is 11.7. The Morgan fingerprint density at radius 1 is 1.12 bits per heavy atom. The predicted molar refractivity (Wildman–Crippen MR) is 134 cm³/mol. The summed E-state index contributed by atoms with van der Waals surface area (Å²) in [4.78, 5) is 24.6. The van der Waals surface area contributed by atoms with Crippen molar-refractivity contribution in [1.82, 2.24) is 0 Å². The quantitative estimate of drug-likeness (QED) is 0.445. The highest BCUT2D eigenvalue weighted by Gasteiger charge is 2.66. The number of carbonyl (C=O) groups excluding carboxylic acids is 1. The molecule has 0 aromatic carbocycles. The van der Waals surface area contributed by atoms with Crippen LogP contribution in [0.2, 0.25) is 0 Å². The third-order valence-electron chi connectivity index (χ3n) is 11.7. The van der Waals surface area contributed by atoms with E-state index in [4.69, 9.17) is 0 Å². The van der Waals surface area contributed by atoms with Crippen LogP contribution in [0.1, 0.15) is 106 Å². The lowest BCUT2D eigenvalue weighted by Gasteiger charge is -2.69. The summed E-state index contributed by atoms with van der Waals surface area (Å²) in [5.74, 6) is 1.06. The van der Waals surface area contributed by atoms with Crippen LogP contribution in [0.15, 0.2) is 23.8 Å². The van der Waals surface area contributed by atoms with Gasteiger partial charge in [-0.3, -0.25) is 9.59 Å². The second kappa shape index (κ2) is 7.56. The SMILES string of the molecule is C=C(C)[C@@H]1CC[C@]2(C)[C@H](CC=C3[C@@H]4CC(C)(C)C(=O)C[C@]4(C)CC[C@]32C)[C@@]1(C)CCC(=O)O. The minimum absolute atomic E-state index is 0.0508. The van der Waals surface area contributed by atoms with Gasteiger partial charge < -0.3 is 5.11 Å². The predicted octanol–water partition coefficient (Wildman–Crippen LogP) is 7.61. The average molecular weight is 455 g/mol. The minimum Gasteiger partial charge on any atom is -0.481 e. The van der Waals surface area contributed by atoms with E-state index >= 15 is 0 Å². The molecule has 4 aliphatic rings. The van der Waals surface area contributed by atoms with Gasteiger partial charge in [0.1, 0.15) is 5.78 Å². The summed E-state index contributed by atoms with van der Waals surface area (Å²) in [6, 6.07) is 0. The Bertz CT molecular complexity index is 912. The van der Waals surface area contributed by atoms with E-state index in [9.17, 15) is 14.7 Å². The number of carboxylic acid groups (broad SMARTS) is 1. The number of hydrogen-bond acceptors (Lipinski definition) is 2. The Morgan fingerprint density at radius 3 is 2.39 bits per heavy atom. The lowest BCUT2D eigenvalue weighted by molar-refractivity contribution is -0.154. The molecule has 0 amide bonds. The van der Waals surface area contributed by atoms with Gasteiger partial charge in [0.25, 0.3) is 0 Å². The molecule has 0 radical (unpaired) electrons. The number of allylic oxidation sites excluding steroid dienone is 3. The summed E-state index contributed by atoms with van der Waals surface area (Å²) in [7, 11) is 0. The van der Waals surface area contributed by atoms with Crippen molar-refractivity contribution in [2.45, 2.75) is 106 Å². The molecule has 0 heterocycles. The van der Waals surface area contributed by atoms with Crippen LogP contribution in [0, 0.1) is 44.8 Å². The van der Waals surface area contributed by atoms with Gasteiger partial charge in [0.2, 0.25) is 0 Å². The molecule has 33 heavy (non-hydrogen) atoms. The van der Waals surface area contributed by atoms with Crippen LogP contribution >= 0.6 is 0 Å². The standard InChI is InChI=1S/C30H46O3/c1-19(2)20-11-14-30(8)23(28(20,6)13-12-25(32)33)10-9-21-22-17-26(3,4)24(31)18-27(22,5)15-16-29(21,30)7/h9,20,22-23H,1,10-18H2,2-8H3,(H,32,33)/t20-,22-,23+,27-,28-,29+,30+/m0/s1. The molecule has 0 aromatic heterocycles. The minimum atomic E-state index is -0.690. The van der Waals surface area contributed by atoms with Gasteiger partial charge in [-0.05, 0) is 91.3 Å². The first kappa shape index (κ1) is 24.7. The number of carbonyl (C=O) groups is 2. The lowest BCUT2D eigenvalue weighted by Crippen LogP contribution is -2.61. The van der Waals surface area contributed by atoms with Crippen LogP contribution in [0.4, 0.5) is 0 Å². The molecule has 0 unspecified atom stereocenters. The summed E-state index contributed by atoms with van der Waals surface area (Å²) in [5, 5.41) is 9.55. The molecule has 1 N–H and O–H groups in total. The maximum absolute atomic E-state index is 12.9. The molecule has 4 rings (SSSR count). The largest absolute Gasteiger partial charge is 0.481 e. The topological polar surface area (TPSA) is 54.4 Å². The van der Waals surface area contributed by atoms with Crippen LogP contribution in [0.3, 0.4) is 0 Å². The zero-order valence-electron chi connectivity index (χ0n) is 22.1. The molecule has 0 aliphatic heterocycles. The van der Waals surface area contributed by atoms with Crippen molar-refractivity contribution in [1.29, 1.82) is 0 Å². The van der Waals surface area contributed by atoms with E-state index in [1.807, 2.05) is 0 Å². The molecule has 184 valence electrons. The van der Waals surface area contributed by atoms with Gasteiger partial charge in [-0.15, -0.1) is 0 Å². The van der Waals surface area contributed by atoms with Crippen LogP contribution in [-0.4, -0.2) is 16.9 Å². The number of aliphatic carboxylic acids is 1. The van der Waals surface area contributed by atoms with E-state index in [2.05, 4.69) is 61.1 Å². The highest BCUT2D eigenvalue weighted by molar-refractivity contribution is 5.86. The van der Waals surface area contributed by atoms with E-state index in [0.717, 1.165) is 38.5 Å². The number of fused-ring (bicyclic) bond motifs is 5. The first-order valence-corrected chi connectivity index (χ1v) is 13.2.